The fourth-order valence-corrected chi connectivity index (χ4v) is 5.24. The molecule has 206 valence electrons. The van der Waals surface area contributed by atoms with Crippen LogP contribution in [0.1, 0.15) is 12.0 Å². The Morgan fingerprint density at radius 3 is 2.90 bits per heavy atom. The maximum Gasteiger partial charge on any atom is 0.237 e. The Balaban J connectivity index is 1.62. The van der Waals surface area contributed by atoms with Crippen LogP contribution in [0.2, 0.25) is 0 Å². The number of nitrogens with zero attached hydrogens (tertiary/aromatic N) is 5. The third-order valence-corrected chi connectivity index (χ3v) is 7.43. The average molecular weight is 554 g/mol. The van der Waals surface area contributed by atoms with E-state index in [2.05, 4.69) is 20.6 Å². The summed E-state index contributed by atoms with van der Waals surface area (Å²) in [4.78, 5) is 18.1. The highest BCUT2D eigenvalue weighted by Gasteiger charge is 2.24. The molecule has 1 saturated heterocycles. The van der Waals surface area contributed by atoms with Gasteiger partial charge in [-0.1, -0.05) is 12.1 Å². The number of rotatable bonds is 10. The number of benzene rings is 1. The highest BCUT2D eigenvalue weighted by Crippen LogP contribution is 2.35. The molecule has 0 bridgehead atoms. The Morgan fingerprint density at radius 2 is 2.15 bits per heavy atom. The molecule has 12 nitrogen and oxygen atoms in total. The minimum Gasteiger partial charge on any atom is -0.491 e. The summed E-state index contributed by atoms with van der Waals surface area (Å²) in [6.45, 7) is 3.67. The second-order valence-corrected chi connectivity index (χ2v) is 11.3. The van der Waals surface area contributed by atoms with Crippen LogP contribution in [0.25, 0.3) is 33.7 Å². The van der Waals surface area contributed by atoms with Crippen LogP contribution in [-0.2, 0) is 14.8 Å². The molecule has 0 radical (unpaired) electrons. The molecule has 1 aromatic carbocycles. The Hall–Kier alpha value is -3.65. The number of ether oxygens (including phenoxy) is 2. The molecule has 13 heteroatoms. The topological polar surface area (TPSA) is 153 Å². The SMILES string of the molecule is CNC[C@@H](O)COc1cccc(-c2nc(N[C@@H]3CCOC3)c(C)c(-c3cn(S(C)(=O)=O)c4ncncc34)n2)c1. The van der Waals surface area contributed by atoms with E-state index in [4.69, 9.17) is 19.4 Å². The van der Waals surface area contributed by atoms with E-state index in [9.17, 15) is 13.5 Å². The first-order valence-electron chi connectivity index (χ1n) is 12.6. The van der Waals surface area contributed by atoms with Crippen molar-refractivity contribution in [3.05, 3.63) is 48.5 Å². The molecular formula is C26H31N7O5S. The Kier molecular flexibility index (Phi) is 7.75. The van der Waals surface area contributed by atoms with Gasteiger partial charge in [0.15, 0.2) is 11.5 Å². The zero-order chi connectivity index (χ0) is 27.6. The molecule has 0 amide bonds. The van der Waals surface area contributed by atoms with Gasteiger partial charge in [0.2, 0.25) is 10.0 Å². The van der Waals surface area contributed by atoms with Crippen molar-refractivity contribution in [1.82, 2.24) is 29.2 Å². The first kappa shape index (κ1) is 26.9. The van der Waals surface area contributed by atoms with Gasteiger partial charge in [0.05, 0.1) is 24.6 Å². The van der Waals surface area contributed by atoms with Gasteiger partial charge in [-0.25, -0.2) is 32.3 Å². The van der Waals surface area contributed by atoms with Gasteiger partial charge in [-0.2, -0.15) is 0 Å². The lowest BCUT2D eigenvalue weighted by molar-refractivity contribution is 0.108. The predicted molar refractivity (Wildman–Crippen MR) is 147 cm³/mol. The van der Waals surface area contributed by atoms with Crippen LogP contribution in [0, 0.1) is 6.92 Å². The van der Waals surface area contributed by atoms with E-state index in [1.165, 1.54) is 12.5 Å². The maximum atomic E-state index is 12.6. The summed E-state index contributed by atoms with van der Waals surface area (Å²) in [6, 6.07) is 7.40. The first-order chi connectivity index (χ1) is 18.7. The van der Waals surface area contributed by atoms with E-state index in [1.807, 2.05) is 25.1 Å². The number of anilines is 1. The van der Waals surface area contributed by atoms with Crippen LogP contribution in [0.15, 0.2) is 43.0 Å². The lowest BCUT2D eigenvalue weighted by atomic mass is 10.1. The normalized spacial score (nSPS) is 16.5. The molecule has 0 aliphatic carbocycles. The lowest BCUT2D eigenvalue weighted by Crippen LogP contribution is -2.29. The van der Waals surface area contributed by atoms with Crippen molar-refractivity contribution < 1.29 is 23.0 Å². The summed E-state index contributed by atoms with van der Waals surface area (Å²) in [5, 5.41) is 17.0. The number of fused-ring (bicyclic) bond motifs is 1. The molecular weight excluding hydrogens is 522 g/mol. The number of hydrogen-bond acceptors (Lipinski definition) is 11. The van der Waals surface area contributed by atoms with Crippen LogP contribution in [0.4, 0.5) is 5.82 Å². The second-order valence-electron chi connectivity index (χ2n) is 9.49. The number of nitrogens with one attached hydrogen (secondary N) is 2. The van der Waals surface area contributed by atoms with Crippen molar-refractivity contribution >= 4 is 26.9 Å². The first-order valence-corrected chi connectivity index (χ1v) is 14.4. The Bertz CT molecular complexity index is 1590. The van der Waals surface area contributed by atoms with E-state index in [0.29, 0.717) is 59.4 Å². The molecule has 4 heterocycles. The van der Waals surface area contributed by atoms with Crippen molar-refractivity contribution in [3.63, 3.8) is 0 Å². The quantitative estimate of drug-likeness (QED) is 0.264. The molecule has 1 aliphatic heterocycles. The molecule has 0 spiro atoms. The van der Waals surface area contributed by atoms with Crippen LogP contribution in [-0.4, -0.2) is 89.2 Å². The van der Waals surface area contributed by atoms with Crippen molar-refractivity contribution in [3.8, 4) is 28.4 Å². The van der Waals surface area contributed by atoms with Gasteiger partial charge in [-0.05, 0) is 32.5 Å². The largest absolute Gasteiger partial charge is 0.491 e. The summed E-state index contributed by atoms with van der Waals surface area (Å²) in [5.74, 6) is 1.61. The number of aliphatic hydroxyl groups is 1. The summed E-state index contributed by atoms with van der Waals surface area (Å²) >= 11 is 0. The fourth-order valence-electron chi connectivity index (χ4n) is 4.48. The van der Waals surface area contributed by atoms with Crippen molar-refractivity contribution in [2.24, 2.45) is 0 Å². The molecule has 1 fully saturated rings. The second kappa shape index (κ2) is 11.2. The third kappa shape index (κ3) is 5.86. The van der Waals surface area contributed by atoms with E-state index in [0.717, 1.165) is 22.2 Å². The van der Waals surface area contributed by atoms with Gasteiger partial charge in [-0.3, -0.25) is 0 Å². The van der Waals surface area contributed by atoms with Crippen LogP contribution in [0.5, 0.6) is 5.75 Å². The van der Waals surface area contributed by atoms with Crippen LogP contribution >= 0.6 is 0 Å². The number of aromatic nitrogens is 5. The van der Waals surface area contributed by atoms with Crippen molar-refractivity contribution in [2.75, 3.05) is 45.0 Å². The monoisotopic (exact) mass is 553 g/mol. The molecule has 0 saturated carbocycles. The van der Waals surface area contributed by atoms with Crippen LogP contribution < -0.4 is 15.4 Å². The molecule has 4 aromatic rings. The smallest absolute Gasteiger partial charge is 0.237 e. The Labute approximate surface area is 226 Å². The lowest BCUT2D eigenvalue weighted by Gasteiger charge is -2.17. The highest BCUT2D eigenvalue weighted by molar-refractivity contribution is 7.89. The van der Waals surface area contributed by atoms with Gasteiger partial charge in [0.1, 0.15) is 30.6 Å². The number of aliphatic hydroxyl groups excluding tert-OH is 1. The van der Waals surface area contributed by atoms with Gasteiger partial charge in [0, 0.05) is 47.6 Å². The minimum atomic E-state index is -3.63. The molecule has 2 atom stereocenters. The third-order valence-electron chi connectivity index (χ3n) is 6.44. The number of hydrogen-bond donors (Lipinski definition) is 3. The van der Waals surface area contributed by atoms with E-state index in [1.54, 1.807) is 19.3 Å². The maximum absolute atomic E-state index is 12.6. The van der Waals surface area contributed by atoms with Crippen molar-refractivity contribution in [1.29, 1.82) is 0 Å². The summed E-state index contributed by atoms with van der Waals surface area (Å²) < 4.78 is 37.6. The zero-order valence-electron chi connectivity index (χ0n) is 22.0. The zero-order valence-corrected chi connectivity index (χ0v) is 22.8. The minimum absolute atomic E-state index is 0.0864. The van der Waals surface area contributed by atoms with Gasteiger partial charge < -0.3 is 25.2 Å². The van der Waals surface area contributed by atoms with Crippen molar-refractivity contribution in [2.45, 2.75) is 25.5 Å². The van der Waals surface area contributed by atoms with Gasteiger partial charge >= 0.3 is 0 Å². The van der Waals surface area contributed by atoms with Gasteiger partial charge in [0.25, 0.3) is 0 Å². The molecule has 1 aliphatic rings. The predicted octanol–water partition coefficient (Wildman–Crippen LogP) is 1.83. The van der Waals surface area contributed by atoms with E-state index >= 15 is 0 Å². The molecule has 39 heavy (non-hydrogen) atoms. The number of likely N-dealkylation sites (N-methyl/N-ethyl adjacent to an activating group) is 1. The molecule has 3 aromatic heterocycles. The van der Waals surface area contributed by atoms with Crippen LogP contribution in [0.3, 0.4) is 0 Å². The summed E-state index contributed by atoms with van der Waals surface area (Å²) in [6.07, 6.45) is 5.75. The summed E-state index contributed by atoms with van der Waals surface area (Å²) in [7, 11) is -1.87. The molecule has 3 N–H and O–H groups in total. The fraction of sp³-hybridized carbons (Fsp3) is 0.385. The van der Waals surface area contributed by atoms with Gasteiger partial charge in [-0.15, -0.1) is 0 Å². The Morgan fingerprint density at radius 1 is 1.31 bits per heavy atom. The molecule has 5 rings (SSSR count). The average Bonchev–Trinajstić information content (AvgIpc) is 3.57. The summed E-state index contributed by atoms with van der Waals surface area (Å²) in [5.41, 5.74) is 2.86. The standard InChI is InChI=1S/C26H31N7O5S/c1-16-23(22-12-33(39(3,35)36)26-21(22)11-28-15-29-26)31-25(32-24(16)30-18-7-8-37-13-18)17-5-4-6-20(9-17)38-14-19(34)10-27-2/h4-6,9,11-12,15,18-19,27,34H,7-8,10,13-14H2,1-3H3,(H,30,31,32)/t18-,19-/m1/s1. The van der Waals surface area contributed by atoms with E-state index in [-0.39, 0.29) is 18.3 Å². The molecule has 0 unspecified atom stereocenters. The van der Waals surface area contributed by atoms with E-state index < -0.39 is 16.1 Å². The highest BCUT2D eigenvalue weighted by atomic mass is 32.2.